The minimum Gasteiger partial charge on any atom is -0.378 e. The van der Waals surface area contributed by atoms with Crippen molar-refractivity contribution < 1.29 is 9.53 Å². The van der Waals surface area contributed by atoms with Gasteiger partial charge in [0.2, 0.25) is 0 Å². The van der Waals surface area contributed by atoms with Crippen LogP contribution in [0.15, 0.2) is 22.6 Å². The number of thiazole rings is 1. The number of ether oxygens (including phenoxy) is 1. The highest BCUT2D eigenvalue weighted by Crippen LogP contribution is 2.42. The average molecular weight is 416 g/mol. The Labute approximate surface area is 173 Å². The van der Waals surface area contributed by atoms with Gasteiger partial charge in [-0.2, -0.15) is 5.10 Å². The lowest BCUT2D eigenvalue weighted by atomic mass is 10.1. The first-order valence-corrected chi connectivity index (χ1v) is 11.2. The van der Waals surface area contributed by atoms with Crippen LogP contribution in [0.5, 0.6) is 0 Å². The molecule has 1 saturated carbocycles. The first-order valence-electron chi connectivity index (χ1n) is 10.3. The Balaban J connectivity index is 1.32. The van der Waals surface area contributed by atoms with E-state index in [0.717, 1.165) is 61.6 Å². The van der Waals surface area contributed by atoms with E-state index in [4.69, 9.17) is 4.74 Å². The zero-order chi connectivity index (χ0) is 19.8. The Morgan fingerprint density at radius 1 is 1.17 bits per heavy atom. The average Bonchev–Trinajstić information content (AvgIpc) is 3.50. The largest absolute Gasteiger partial charge is 0.378 e. The van der Waals surface area contributed by atoms with Gasteiger partial charge in [0.15, 0.2) is 0 Å². The Bertz CT molecular complexity index is 948. The van der Waals surface area contributed by atoms with Gasteiger partial charge in [-0.1, -0.05) is 0 Å². The molecule has 4 heterocycles. The lowest BCUT2D eigenvalue weighted by Gasteiger charge is -2.33. The quantitative estimate of drug-likeness (QED) is 0.759. The number of hydrogen-bond acceptors (Lipinski definition) is 7. The van der Waals surface area contributed by atoms with Crippen LogP contribution >= 0.6 is 11.3 Å². The van der Waals surface area contributed by atoms with Gasteiger partial charge in [-0.3, -0.25) is 9.59 Å². The van der Waals surface area contributed by atoms with E-state index in [2.05, 4.69) is 15.0 Å². The third kappa shape index (κ3) is 3.81. The van der Waals surface area contributed by atoms with E-state index in [0.29, 0.717) is 25.7 Å². The van der Waals surface area contributed by atoms with Crippen molar-refractivity contribution in [2.24, 2.45) is 0 Å². The van der Waals surface area contributed by atoms with Crippen LogP contribution in [0, 0.1) is 0 Å². The number of hydrogen-bond donors (Lipinski definition) is 0. The second-order valence-electron chi connectivity index (χ2n) is 7.98. The molecule has 0 N–H and O–H groups in total. The van der Waals surface area contributed by atoms with Crippen LogP contribution in [0.25, 0.3) is 0 Å². The Kier molecular flexibility index (Phi) is 5.09. The van der Waals surface area contributed by atoms with E-state index in [9.17, 15) is 9.59 Å². The number of carbonyl (C=O) groups is 1. The molecule has 0 aromatic carbocycles. The predicted molar refractivity (Wildman–Crippen MR) is 110 cm³/mol. The summed E-state index contributed by atoms with van der Waals surface area (Å²) in [7, 11) is 0. The molecule has 3 aliphatic rings. The van der Waals surface area contributed by atoms with Crippen molar-refractivity contribution in [1.82, 2.24) is 19.7 Å². The summed E-state index contributed by atoms with van der Waals surface area (Å²) < 4.78 is 6.93. The van der Waals surface area contributed by atoms with Crippen LogP contribution in [0.2, 0.25) is 0 Å². The lowest BCUT2D eigenvalue weighted by Crippen LogP contribution is -2.44. The number of carbonyl (C=O) groups excluding carboxylic acids is 1. The van der Waals surface area contributed by atoms with Crippen LogP contribution in [-0.4, -0.2) is 65.0 Å². The molecule has 1 atom stereocenters. The monoisotopic (exact) mass is 415 g/mol. The van der Waals surface area contributed by atoms with Crippen LogP contribution < -0.4 is 10.5 Å². The number of amides is 1. The molecule has 2 aromatic rings. The van der Waals surface area contributed by atoms with Crippen LogP contribution in [0.3, 0.4) is 0 Å². The molecule has 5 rings (SSSR count). The molecular weight excluding hydrogens is 390 g/mol. The van der Waals surface area contributed by atoms with Crippen LogP contribution in [-0.2, 0) is 4.74 Å². The lowest BCUT2D eigenvalue weighted by molar-refractivity contribution is 0.0673. The highest BCUT2D eigenvalue weighted by atomic mass is 32.1. The first-order chi connectivity index (χ1) is 14.2. The zero-order valence-electron chi connectivity index (χ0n) is 16.3. The second kappa shape index (κ2) is 7.87. The van der Waals surface area contributed by atoms with E-state index < -0.39 is 0 Å². The maximum Gasteiger partial charge on any atom is 0.269 e. The van der Waals surface area contributed by atoms with Gasteiger partial charge >= 0.3 is 0 Å². The van der Waals surface area contributed by atoms with Crippen molar-refractivity contribution in [3.05, 3.63) is 38.7 Å². The molecule has 3 fully saturated rings. The maximum atomic E-state index is 13.1. The number of anilines is 1. The number of likely N-dealkylation sites (tertiary alicyclic amines) is 1. The number of rotatable bonds is 4. The number of aromatic nitrogens is 3. The van der Waals surface area contributed by atoms with Crippen molar-refractivity contribution in [1.29, 1.82) is 0 Å². The van der Waals surface area contributed by atoms with E-state index in [1.54, 1.807) is 22.5 Å². The molecule has 1 unspecified atom stereocenters. The smallest absolute Gasteiger partial charge is 0.269 e. The molecule has 1 aliphatic carbocycles. The fraction of sp³-hybridized carbons (Fsp3) is 0.600. The van der Waals surface area contributed by atoms with Crippen molar-refractivity contribution in [2.75, 3.05) is 44.3 Å². The summed E-state index contributed by atoms with van der Waals surface area (Å²) in [5, 5.41) is 4.46. The minimum atomic E-state index is -0.107. The van der Waals surface area contributed by atoms with Gasteiger partial charge in [-0.15, -0.1) is 11.3 Å². The van der Waals surface area contributed by atoms with Gasteiger partial charge in [0, 0.05) is 38.2 Å². The Hall–Kier alpha value is -2.26. The van der Waals surface area contributed by atoms with Gasteiger partial charge in [0.25, 0.3) is 11.5 Å². The highest BCUT2D eigenvalue weighted by Gasteiger charge is 2.34. The second-order valence-corrected chi connectivity index (χ2v) is 8.84. The molecule has 1 amide bonds. The fourth-order valence-corrected chi connectivity index (χ4v) is 5.06. The summed E-state index contributed by atoms with van der Waals surface area (Å²) in [5.74, 6) is 0.509. The summed E-state index contributed by atoms with van der Waals surface area (Å²) in [6.45, 7) is 4.12. The van der Waals surface area contributed by atoms with Gasteiger partial charge in [0.05, 0.1) is 42.3 Å². The Morgan fingerprint density at radius 3 is 2.76 bits per heavy atom. The normalized spacial score (nSPS) is 22.7. The predicted octanol–water partition coefficient (Wildman–Crippen LogP) is 1.89. The van der Waals surface area contributed by atoms with E-state index in [1.165, 1.54) is 11.3 Å². The summed E-state index contributed by atoms with van der Waals surface area (Å²) in [4.78, 5) is 35.1. The van der Waals surface area contributed by atoms with Gasteiger partial charge in [-0.25, -0.2) is 9.67 Å². The van der Waals surface area contributed by atoms with Gasteiger partial charge < -0.3 is 14.5 Å². The number of piperidine rings is 1. The molecule has 2 aliphatic heterocycles. The molecule has 0 spiro atoms. The van der Waals surface area contributed by atoms with Crippen LogP contribution in [0.1, 0.15) is 53.0 Å². The van der Waals surface area contributed by atoms with Crippen LogP contribution in [0.4, 0.5) is 5.69 Å². The van der Waals surface area contributed by atoms with E-state index >= 15 is 0 Å². The topological polar surface area (TPSA) is 80.6 Å². The number of nitrogens with zero attached hydrogens (tertiary/aromatic N) is 5. The molecule has 29 heavy (non-hydrogen) atoms. The molecule has 2 aromatic heterocycles. The van der Waals surface area contributed by atoms with Crippen molar-refractivity contribution in [2.45, 2.75) is 37.6 Å². The molecular formula is C20H25N5O3S. The zero-order valence-corrected chi connectivity index (χ0v) is 17.1. The molecule has 154 valence electrons. The maximum absolute atomic E-state index is 13.1. The molecule has 0 radical (unpaired) electrons. The Morgan fingerprint density at radius 2 is 2.00 bits per heavy atom. The summed E-state index contributed by atoms with van der Waals surface area (Å²) >= 11 is 1.44. The molecule has 2 saturated heterocycles. The third-order valence-electron chi connectivity index (χ3n) is 5.97. The van der Waals surface area contributed by atoms with Crippen molar-refractivity contribution >= 4 is 22.9 Å². The van der Waals surface area contributed by atoms with Gasteiger partial charge in [-0.05, 0) is 25.7 Å². The molecule has 0 bridgehead atoms. The molecule has 9 heteroatoms. The highest BCUT2D eigenvalue weighted by molar-refractivity contribution is 7.11. The number of morpholine rings is 1. The standard InChI is InChI=1S/C20H25N5O3S/c26-17-10-16(23-6-8-28-9-7-23)11-22-25(17)15-2-1-5-24(12-15)20(27)19-18(14-3-4-14)21-13-29-19/h10-11,13-15H,1-9,12H2. The van der Waals surface area contributed by atoms with E-state index in [-0.39, 0.29) is 17.5 Å². The van der Waals surface area contributed by atoms with Crippen molar-refractivity contribution in [3.8, 4) is 0 Å². The minimum absolute atomic E-state index is 0.0529. The fourth-order valence-electron chi connectivity index (χ4n) is 4.22. The molecule has 8 nitrogen and oxygen atoms in total. The summed E-state index contributed by atoms with van der Waals surface area (Å²) in [5.41, 5.74) is 3.48. The van der Waals surface area contributed by atoms with Crippen molar-refractivity contribution in [3.63, 3.8) is 0 Å². The third-order valence-corrected chi connectivity index (χ3v) is 6.80. The summed E-state index contributed by atoms with van der Waals surface area (Å²) in [6, 6.07) is 1.57. The SMILES string of the molecule is O=C(c1scnc1C1CC1)N1CCCC(n2ncc(N3CCOCC3)cc2=O)C1. The van der Waals surface area contributed by atoms with E-state index in [1.807, 2.05) is 4.90 Å². The summed E-state index contributed by atoms with van der Waals surface area (Å²) in [6.07, 6.45) is 5.74. The first kappa shape index (κ1) is 18.7. The van der Waals surface area contributed by atoms with Gasteiger partial charge in [0.1, 0.15) is 4.88 Å².